The van der Waals surface area contributed by atoms with Gasteiger partial charge in [0, 0.05) is 7.11 Å². The van der Waals surface area contributed by atoms with E-state index in [2.05, 4.69) is 5.32 Å². The first kappa shape index (κ1) is 16.9. The van der Waals surface area contributed by atoms with E-state index in [9.17, 15) is 14.7 Å². The predicted octanol–water partition coefficient (Wildman–Crippen LogP) is 2.30. The Labute approximate surface area is 124 Å². The van der Waals surface area contributed by atoms with Crippen LogP contribution in [0.5, 0.6) is 0 Å². The summed E-state index contributed by atoms with van der Waals surface area (Å²) < 4.78 is 5.18. The van der Waals surface area contributed by atoms with Gasteiger partial charge in [-0.05, 0) is 25.8 Å². The topological polar surface area (TPSA) is 75.6 Å². The molecule has 0 saturated heterocycles. The molecule has 1 amide bonds. The lowest BCUT2D eigenvalue weighted by molar-refractivity contribution is -0.143. The van der Waals surface area contributed by atoms with Crippen LogP contribution in [0.1, 0.15) is 31.9 Å². The number of aliphatic carboxylic acids is 1. The molecule has 2 N–H and O–H groups in total. The summed E-state index contributed by atoms with van der Waals surface area (Å²) in [5.41, 5.74) is 1.69. The number of ether oxygens (including phenoxy) is 1. The molecule has 0 heterocycles. The van der Waals surface area contributed by atoms with Crippen molar-refractivity contribution in [1.29, 1.82) is 0 Å². The number of carboxylic acid groups (broad SMARTS) is 1. The van der Waals surface area contributed by atoms with E-state index in [1.165, 1.54) is 7.11 Å². The van der Waals surface area contributed by atoms with E-state index >= 15 is 0 Å². The number of methoxy groups -OCH3 is 1. The highest BCUT2D eigenvalue weighted by Crippen LogP contribution is 2.16. The predicted molar refractivity (Wildman–Crippen MR) is 79.8 cm³/mol. The Morgan fingerprint density at radius 2 is 1.90 bits per heavy atom. The van der Waals surface area contributed by atoms with Crippen LogP contribution in [0.25, 0.3) is 0 Å². The lowest BCUT2D eigenvalue weighted by Crippen LogP contribution is -2.43. The molecule has 0 spiro atoms. The van der Waals surface area contributed by atoms with E-state index in [1.54, 1.807) is 30.3 Å². The van der Waals surface area contributed by atoms with Crippen molar-refractivity contribution in [2.24, 2.45) is 0 Å². The van der Waals surface area contributed by atoms with Crippen molar-refractivity contribution in [3.05, 3.63) is 47.5 Å². The van der Waals surface area contributed by atoms with Gasteiger partial charge in [-0.25, -0.2) is 4.79 Å². The molecule has 5 nitrogen and oxygen atoms in total. The van der Waals surface area contributed by atoms with Gasteiger partial charge >= 0.3 is 5.97 Å². The molecule has 0 aliphatic heterocycles. The van der Waals surface area contributed by atoms with Crippen LogP contribution >= 0.6 is 0 Å². The van der Waals surface area contributed by atoms with E-state index in [4.69, 9.17) is 4.74 Å². The highest BCUT2D eigenvalue weighted by Gasteiger charge is 2.25. The standard InChI is InChI=1S/C16H21NO4/c1-11(2)9-10-13(16(19)20)17-15(18)14(21-3)12-7-5-4-6-8-12/h4-9,13-14H,10H2,1-3H3,(H,17,18)(H,19,20)/t13-,14+/m0/s1. The lowest BCUT2D eigenvalue weighted by atomic mass is 10.1. The number of benzene rings is 1. The summed E-state index contributed by atoms with van der Waals surface area (Å²) in [5.74, 6) is -1.53. The van der Waals surface area contributed by atoms with Gasteiger partial charge in [0.2, 0.25) is 0 Å². The zero-order valence-electron chi connectivity index (χ0n) is 12.5. The molecule has 0 aromatic heterocycles. The Morgan fingerprint density at radius 3 is 2.38 bits per heavy atom. The maximum atomic E-state index is 12.2. The molecule has 2 atom stereocenters. The number of carbonyl (C=O) groups excluding carboxylic acids is 1. The highest BCUT2D eigenvalue weighted by molar-refractivity contribution is 5.87. The van der Waals surface area contributed by atoms with Crippen LogP contribution in [0.3, 0.4) is 0 Å². The van der Waals surface area contributed by atoms with Crippen LogP contribution in [0.2, 0.25) is 0 Å². The lowest BCUT2D eigenvalue weighted by Gasteiger charge is -2.19. The monoisotopic (exact) mass is 291 g/mol. The minimum absolute atomic E-state index is 0.245. The molecule has 1 aromatic carbocycles. The number of allylic oxidation sites excluding steroid dienone is 1. The number of amides is 1. The van der Waals surface area contributed by atoms with E-state index in [0.717, 1.165) is 5.57 Å². The second kappa shape index (κ2) is 8.21. The Balaban J connectivity index is 2.80. The molecule has 5 heteroatoms. The smallest absolute Gasteiger partial charge is 0.326 e. The summed E-state index contributed by atoms with van der Waals surface area (Å²) in [7, 11) is 1.42. The van der Waals surface area contributed by atoms with Gasteiger partial charge in [-0.3, -0.25) is 4.79 Å². The largest absolute Gasteiger partial charge is 0.480 e. The summed E-state index contributed by atoms with van der Waals surface area (Å²) in [6.45, 7) is 3.76. The van der Waals surface area contributed by atoms with E-state index in [-0.39, 0.29) is 6.42 Å². The van der Waals surface area contributed by atoms with Crippen molar-refractivity contribution in [1.82, 2.24) is 5.32 Å². The zero-order valence-corrected chi connectivity index (χ0v) is 12.5. The van der Waals surface area contributed by atoms with Gasteiger partial charge in [0.05, 0.1) is 0 Å². The minimum atomic E-state index is -1.07. The second-order valence-electron chi connectivity index (χ2n) is 4.94. The van der Waals surface area contributed by atoms with Crippen LogP contribution in [0.4, 0.5) is 0 Å². The van der Waals surface area contributed by atoms with Crippen LogP contribution in [0.15, 0.2) is 42.0 Å². The summed E-state index contributed by atoms with van der Waals surface area (Å²) in [4.78, 5) is 23.4. The number of carboxylic acids is 1. The third-order valence-electron chi connectivity index (χ3n) is 2.95. The summed E-state index contributed by atoms with van der Waals surface area (Å²) in [6.07, 6.45) is 1.21. The van der Waals surface area contributed by atoms with Crippen molar-refractivity contribution in [3.8, 4) is 0 Å². The fraction of sp³-hybridized carbons (Fsp3) is 0.375. The summed E-state index contributed by atoms with van der Waals surface area (Å²) >= 11 is 0. The molecule has 1 aromatic rings. The Kier molecular flexibility index (Phi) is 6.62. The van der Waals surface area contributed by atoms with E-state index < -0.39 is 24.0 Å². The molecule has 0 radical (unpaired) electrons. The van der Waals surface area contributed by atoms with Crippen molar-refractivity contribution >= 4 is 11.9 Å². The molecule has 1 rings (SSSR count). The maximum Gasteiger partial charge on any atom is 0.326 e. The van der Waals surface area contributed by atoms with Gasteiger partial charge in [0.25, 0.3) is 5.91 Å². The van der Waals surface area contributed by atoms with Gasteiger partial charge < -0.3 is 15.2 Å². The van der Waals surface area contributed by atoms with Gasteiger partial charge in [-0.15, -0.1) is 0 Å². The molecule has 0 unspecified atom stereocenters. The van der Waals surface area contributed by atoms with Crippen LogP contribution in [0, 0.1) is 0 Å². The molecule has 114 valence electrons. The van der Waals surface area contributed by atoms with Crippen LogP contribution in [-0.2, 0) is 14.3 Å². The van der Waals surface area contributed by atoms with Crippen molar-refractivity contribution < 1.29 is 19.4 Å². The zero-order chi connectivity index (χ0) is 15.8. The first-order chi connectivity index (χ1) is 9.95. The number of carbonyl (C=O) groups is 2. The summed E-state index contributed by atoms with van der Waals surface area (Å²) in [6, 6.07) is 8.00. The molecule has 0 aliphatic rings. The Hall–Kier alpha value is -2.14. The maximum absolute atomic E-state index is 12.2. The first-order valence-corrected chi connectivity index (χ1v) is 6.70. The second-order valence-corrected chi connectivity index (χ2v) is 4.94. The van der Waals surface area contributed by atoms with Crippen molar-refractivity contribution in [2.45, 2.75) is 32.4 Å². The molecular formula is C16H21NO4. The normalized spacial score (nSPS) is 13.1. The number of hydrogen-bond donors (Lipinski definition) is 2. The Bertz CT molecular complexity index is 506. The first-order valence-electron chi connectivity index (χ1n) is 6.70. The molecule has 0 aliphatic carbocycles. The highest BCUT2D eigenvalue weighted by atomic mass is 16.5. The molecule has 0 fully saturated rings. The fourth-order valence-electron chi connectivity index (χ4n) is 1.84. The molecular weight excluding hydrogens is 270 g/mol. The van der Waals surface area contributed by atoms with Gasteiger partial charge in [0.1, 0.15) is 6.04 Å². The number of rotatable bonds is 7. The third kappa shape index (κ3) is 5.39. The van der Waals surface area contributed by atoms with E-state index in [1.807, 2.05) is 19.9 Å². The molecule has 0 bridgehead atoms. The SMILES string of the molecule is CO[C@@H](C(=O)N[C@@H](CC=C(C)C)C(=O)O)c1ccccc1. The van der Waals surface area contributed by atoms with Crippen LogP contribution < -0.4 is 5.32 Å². The number of hydrogen-bond acceptors (Lipinski definition) is 3. The average molecular weight is 291 g/mol. The van der Waals surface area contributed by atoms with Crippen molar-refractivity contribution in [2.75, 3.05) is 7.11 Å². The molecule has 21 heavy (non-hydrogen) atoms. The third-order valence-corrected chi connectivity index (χ3v) is 2.95. The van der Waals surface area contributed by atoms with Gasteiger partial charge in [-0.2, -0.15) is 0 Å². The average Bonchev–Trinajstić information content (AvgIpc) is 2.44. The van der Waals surface area contributed by atoms with E-state index in [0.29, 0.717) is 5.56 Å². The minimum Gasteiger partial charge on any atom is -0.480 e. The van der Waals surface area contributed by atoms with Crippen LogP contribution in [-0.4, -0.2) is 30.1 Å². The van der Waals surface area contributed by atoms with Gasteiger partial charge in [-0.1, -0.05) is 42.0 Å². The summed E-state index contributed by atoms with van der Waals surface area (Å²) in [5, 5.41) is 11.7. The van der Waals surface area contributed by atoms with Gasteiger partial charge in [0.15, 0.2) is 6.10 Å². The Morgan fingerprint density at radius 1 is 1.29 bits per heavy atom. The quantitative estimate of drug-likeness (QED) is 0.756. The van der Waals surface area contributed by atoms with Crippen molar-refractivity contribution in [3.63, 3.8) is 0 Å². The molecule has 0 saturated carbocycles. The fourth-order valence-corrected chi connectivity index (χ4v) is 1.84. The number of nitrogens with one attached hydrogen (secondary N) is 1.